The Morgan fingerprint density at radius 2 is 1.73 bits per heavy atom. The van der Waals surface area contributed by atoms with Crippen LogP contribution in [-0.4, -0.2) is 11.1 Å². The number of carbonyl (C=O) groups is 1. The summed E-state index contributed by atoms with van der Waals surface area (Å²) in [5, 5.41) is 18.0. The summed E-state index contributed by atoms with van der Waals surface area (Å²) in [5.41, 5.74) is 2.10. The molecule has 0 heterocycles. The van der Waals surface area contributed by atoms with Gasteiger partial charge in [0, 0.05) is 17.2 Å². The number of nitriles is 1. The van der Waals surface area contributed by atoms with E-state index in [0.29, 0.717) is 41.9 Å². The van der Waals surface area contributed by atoms with Crippen molar-refractivity contribution in [3.8, 4) is 23.3 Å². The number of nitrogens with zero attached hydrogens (tertiary/aromatic N) is 1. The zero-order chi connectivity index (χ0) is 23.1. The van der Waals surface area contributed by atoms with E-state index in [-0.39, 0.29) is 23.1 Å². The molecule has 33 heavy (non-hydrogen) atoms. The lowest BCUT2D eigenvalue weighted by molar-refractivity contribution is -0.138. The van der Waals surface area contributed by atoms with Gasteiger partial charge in [-0.1, -0.05) is 12.1 Å². The van der Waals surface area contributed by atoms with Crippen LogP contribution in [-0.2, 0) is 11.2 Å². The Bertz CT molecular complexity index is 1270. The molecule has 0 saturated heterocycles. The number of hydrogen-bond acceptors (Lipinski definition) is 4. The van der Waals surface area contributed by atoms with Gasteiger partial charge in [0.1, 0.15) is 23.4 Å². The standard InChI is InChI=1S/C26H19F2NO4/c27-21-12-22(28)25(33-17-5-1-14(13-29)2-6-17)18-9-10-23(24(18)21)32-16-7-3-15(4-8-16)19-11-20(19)26(30)31/h1-8,12,19-20,23H,9-11H2,(H,30,31)/t19-,20+,23-/m1/s1. The second kappa shape index (κ2) is 8.21. The van der Waals surface area contributed by atoms with E-state index < -0.39 is 23.7 Å². The molecule has 3 aromatic rings. The molecule has 0 amide bonds. The van der Waals surface area contributed by atoms with Gasteiger partial charge in [-0.2, -0.15) is 5.26 Å². The predicted molar refractivity (Wildman–Crippen MR) is 114 cm³/mol. The first-order valence-electron chi connectivity index (χ1n) is 10.6. The number of benzene rings is 3. The van der Waals surface area contributed by atoms with Gasteiger partial charge in [0.25, 0.3) is 0 Å². The van der Waals surface area contributed by atoms with E-state index >= 15 is 0 Å². The highest BCUT2D eigenvalue weighted by atomic mass is 19.1. The van der Waals surface area contributed by atoms with Crippen LogP contribution in [0.1, 0.15) is 47.1 Å². The SMILES string of the molecule is N#Cc1ccc(Oc2c(F)cc(F)c3c2CC[C@H]3Oc2ccc([C@H]3C[C@@H]3C(=O)O)cc2)cc1. The lowest BCUT2D eigenvalue weighted by Gasteiger charge is -2.17. The van der Waals surface area contributed by atoms with E-state index in [1.54, 1.807) is 36.4 Å². The largest absolute Gasteiger partial charge is 0.486 e. The summed E-state index contributed by atoms with van der Waals surface area (Å²) < 4.78 is 41.1. The molecule has 166 valence electrons. The molecular weight excluding hydrogens is 428 g/mol. The van der Waals surface area contributed by atoms with Gasteiger partial charge >= 0.3 is 5.97 Å². The van der Waals surface area contributed by atoms with E-state index in [1.165, 1.54) is 0 Å². The maximum Gasteiger partial charge on any atom is 0.307 e. The van der Waals surface area contributed by atoms with Crippen molar-refractivity contribution in [3.05, 3.63) is 88.5 Å². The van der Waals surface area contributed by atoms with Crippen molar-refractivity contribution in [2.45, 2.75) is 31.3 Å². The Balaban J connectivity index is 1.36. The van der Waals surface area contributed by atoms with Gasteiger partial charge < -0.3 is 14.6 Å². The first kappa shape index (κ1) is 21.0. The minimum Gasteiger partial charge on any atom is -0.486 e. The van der Waals surface area contributed by atoms with Gasteiger partial charge in [-0.15, -0.1) is 0 Å². The minimum absolute atomic E-state index is 0.0195. The maximum atomic E-state index is 14.8. The van der Waals surface area contributed by atoms with Crippen LogP contribution in [0.4, 0.5) is 8.78 Å². The quantitative estimate of drug-likeness (QED) is 0.510. The first-order chi connectivity index (χ1) is 15.9. The van der Waals surface area contributed by atoms with Crippen molar-refractivity contribution in [2.75, 3.05) is 0 Å². The molecule has 3 aromatic carbocycles. The monoisotopic (exact) mass is 447 g/mol. The molecule has 1 saturated carbocycles. The normalized spacial score (nSPS) is 20.6. The third kappa shape index (κ3) is 4.00. The van der Waals surface area contributed by atoms with Crippen LogP contribution >= 0.6 is 0 Å². The summed E-state index contributed by atoms with van der Waals surface area (Å²) >= 11 is 0. The molecule has 0 aromatic heterocycles. The number of hydrogen-bond donors (Lipinski definition) is 1. The Kier molecular flexibility index (Phi) is 5.21. The van der Waals surface area contributed by atoms with Crippen molar-refractivity contribution in [1.82, 2.24) is 0 Å². The van der Waals surface area contributed by atoms with Crippen molar-refractivity contribution in [3.63, 3.8) is 0 Å². The minimum atomic E-state index is -0.793. The van der Waals surface area contributed by atoms with E-state index in [4.69, 9.17) is 19.8 Å². The molecular formula is C26H19F2NO4. The highest BCUT2D eigenvalue weighted by molar-refractivity contribution is 5.75. The Hall–Kier alpha value is -3.92. The van der Waals surface area contributed by atoms with Crippen molar-refractivity contribution in [2.24, 2.45) is 5.92 Å². The lowest BCUT2D eigenvalue weighted by Crippen LogP contribution is -2.07. The van der Waals surface area contributed by atoms with E-state index in [0.717, 1.165) is 11.6 Å². The number of carboxylic acids is 1. The Morgan fingerprint density at radius 3 is 2.36 bits per heavy atom. The van der Waals surface area contributed by atoms with Crippen LogP contribution in [0.25, 0.3) is 0 Å². The summed E-state index contributed by atoms with van der Waals surface area (Å²) in [7, 11) is 0. The Morgan fingerprint density at radius 1 is 1.03 bits per heavy atom. The predicted octanol–water partition coefficient (Wildman–Crippen LogP) is 5.88. The number of rotatable bonds is 6. The summed E-state index contributed by atoms with van der Waals surface area (Å²) in [6.07, 6.45) is 0.887. The third-order valence-electron chi connectivity index (χ3n) is 6.20. The molecule has 5 nitrogen and oxygen atoms in total. The second-order valence-electron chi connectivity index (χ2n) is 8.30. The third-order valence-corrected chi connectivity index (χ3v) is 6.20. The average Bonchev–Trinajstić information content (AvgIpc) is 3.51. The summed E-state index contributed by atoms with van der Waals surface area (Å²) in [6, 6.07) is 16.2. The highest BCUT2D eigenvalue weighted by Gasteiger charge is 2.44. The number of fused-ring (bicyclic) bond motifs is 1. The molecule has 0 radical (unpaired) electrons. The number of ether oxygens (including phenoxy) is 2. The highest BCUT2D eigenvalue weighted by Crippen LogP contribution is 2.48. The summed E-state index contributed by atoms with van der Waals surface area (Å²) in [6.45, 7) is 0. The zero-order valence-electron chi connectivity index (χ0n) is 17.4. The Labute approximate surface area is 188 Å². The van der Waals surface area contributed by atoms with Crippen LogP contribution in [0.2, 0.25) is 0 Å². The van der Waals surface area contributed by atoms with Crippen molar-refractivity contribution < 1.29 is 28.2 Å². The summed E-state index contributed by atoms with van der Waals surface area (Å²) in [4.78, 5) is 11.1. The van der Waals surface area contributed by atoms with Crippen molar-refractivity contribution in [1.29, 1.82) is 5.26 Å². The molecule has 0 unspecified atom stereocenters. The lowest BCUT2D eigenvalue weighted by atomic mass is 10.1. The fourth-order valence-electron chi connectivity index (χ4n) is 4.42. The molecule has 0 bridgehead atoms. The van der Waals surface area contributed by atoms with Crippen LogP contribution in [0.3, 0.4) is 0 Å². The molecule has 1 N–H and O–H groups in total. The van der Waals surface area contributed by atoms with Gasteiger partial charge in [-0.05, 0) is 67.1 Å². The second-order valence-corrected chi connectivity index (χ2v) is 8.30. The molecule has 7 heteroatoms. The van der Waals surface area contributed by atoms with Crippen LogP contribution in [0.15, 0.2) is 54.6 Å². The van der Waals surface area contributed by atoms with Gasteiger partial charge in [0.2, 0.25) is 0 Å². The van der Waals surface area contributed by atoms with Crippen LogP contribution < -0.4 is 9.47 Å². The maximum absolute atomic E-state index is 14.8. The number of aliphatic carboxylic acids is 1. The van der Waals surface area contributed by atoms with E-state index in [2.05, 4.69) is 0 Å². The van der Waals surface area contributed by atoms with Gasteiger partial charge in [-0.3, -0.25) is 4.79 Å². The topological polar surface area (TPSA) is 79.5 Å². The molecule has 5 rings (SSSR count). The van der Waals surface area contributed by atoms with E-state index in [1.807, 2.05) is 18.2 Å². The van der Waals surface area contributed by atoms with Gasteiger partial charge in [0.05, 0.1) is 17.6 Å². The fraction of sp³-hybridized carbons (Fsp3) is 0.231. The smallest absolute Gasteiger partial charge is 0.307 e. The van der Waals surface area contributed by atoms with E-state index in [9.17, 15) is 13.6 Å². The molecule has 3 atom stereocenters. The zero-order valence-corrected chi connectivity index (χ0v) is 17.4. The van der Waals surface area contributed by atoms with Crippen molar-refractivity contribution >= 4 is 5.97 Å². The molecule has 2 aliphatic carbocycles. The average molecular weight is 447 g/mol. The van der Waals surface area contributed by atoms with Crippen LogP contribution in [0.5, 0.6) is 17.2 Å². The van der Waals surface area contributed by atoms with Gasteiger partial charge in [-0.25, -0.2) is 8.78 Å². The molecule has 0 aliphatic heterocycles. The van der Waals surface area contributed by atoms with Crippen LogP contribution in [0, 0.1) is 28.9 Å². The molecule has 0 spiro atoms. The first-order valence-corrected chi connectivity index (χ1v) is 10.6. The summed E-state index contributed by atoms with van der Waals surface area (Å²) in [5.74, 6) is -1.74. The number of halogens is 2. The number of carboxylic acid groups (broad SMARTS) is 1. The van der Waals surface area contributed by atoms with Gasteiger partial charge in [0.15, 0.2) is 11.6 Å². The fourth-order valence-corrected chi connectivity index (χ4v) is 4.42. The molecule has 1 fully saturated rings. The molecule has 2 aliphatic rings.